The summed E-state index contributed by atoms with van der Waals surface area (Å²) < 4.78 is 10.7. The molecule has 2 unspecified atom stereocenters. The Morgan fingerprint density at radius 2 is 2.46 bits per heavy atom. The van der Waals surface area contributed by atoms with Gasteiger partial charge in [-0.25, -0.2) is 0 Å². The van der Waals surface area contributed by atoms with Gasteiger partial charge in [0.1, 0.15) is 0 Å². The molecular weight excluding hydrogens is 170 g/mol. The Balaban J connectivity index is 2.06. The molecular formula is C9H19NO3. The van der Waals surface area contributed by atoms with Crippen molar-refractivity contribution in [3.05, 3.63) is 0 Å². The van der Waals surface area contributed by atoms with E-state index in [1.54, 1.807) is 6.92 Å². The maximum absolute atomic E-state index is 8.85. The average molecular weight is 189 g/mol. The highest BCUT2D eigenvalue weighted by atomic mass is 16.5. The fourth-order valence-electron chi connectivity index (χ4n) is 1.24. The highest BCUT2D eigenvalue weighted by Gasteiger charge is 2.20. The molecule has 3 N–H and O–H groups in total. The van der Waals surface area contributed by atoms with Crippen molar-refractivity contribution < 1.29 is 14.6 Å². The Bertz CT molecular complexity index is 144. The van der Waals surface area contributed by atoms with Gasteiger partial charge >= 0.3 is 0 Å². The molecule has 1 fully saturated rings. The summed E-state index contributed by atoms with van der Waals surface area (Å²) in [6.07, 6.45) is 2.42. The zero-order chi connectivity index (χ0) is 9.73. The number of ether oxygens (including phenoxy) is 2. The lowest BCUT2D eigenvalue weighted by atomic mass is 10.1. The van der Waals surface area contributed by atoms with Crippen molar-refractivity contribution in [2.75, 3.05) is 26.4 Å². The minimum absolute atomic E-state index is 0.0570. The van der Waals surface area contributed by atoms with Gasteiger partial charge in [-0.05, 0) is 19.8 Å². The van der Waals surface area contributed by atoms with Crippen molar-refractivity contribution in [2.24, 2.45) is 5.73 Å². The zero-order valence-corrected chi connectivity index (χ0v) is 8.16. The van der Waals surface area contributed by atoms with Crippen molar-refractivity contribution in [1.82, 2.24) is 0 Å². The van der Waals surface area contributed by atoms with Crippen LogP contribution < -0.4 is 5.73 Å². The van der Waals surface area contributed by atoms with Crippen LogP contribution in [0.25, 0.3) is 0 Å². The second-order valence-corrected chi connectivity index (χ2v) is 3.96. The predicted molar refractivity (Wildman–Crippen MR) is 49.5 cm³/mol. The molecule has 0 radical (unpaired) electrons. The van der Waals surface area contributed by atoms with Crippen LogP contribution in [0.3, 0.4) is 0 Å². The Labute approximate surface area is 79.0 Å². The van der Waals surface area contributed by atoms with Crippen LogP contribution in [0, 0.1) is 0 Å². The van der Waals surface area contributed by atoms with E-state index >= 15 is 0 Å². The van der Waals surface area contributed by atoms with Gasteiger partial charge in [0.2, 0.25) is 0 Å². The minimum Gasteiger partial charge on any atom is -0.394 e. The van der Waals surface area contributed by atoms with Crippen molar-refractivity contribution >= 4 is 0 Å². The van der Waals surface area contributed by atoms with E-state index in [4.69, 9.17) is 20.3 Å². The monoisotopic (exact) mass is 189 g/mol. The first kappa shape index (κ1) is 10.9. The van der Waals surface area contributed by atoms with Gasteiger partial charge in [0.25, 0.3) is 0 Å². The third-order valence-corrected chi connectivity index (χ3v) is 2.12. The van der Waals surface area contributed by atoms with Crippen LogP contribution >= 0.6 is 0 Å². The number of aliphatic hydroxyl groups excluding tert-OH is 1. The lowest BCUT2D eigenvalue weighted by molar-refractivity contribution is -0.00558. The fraction of sp³-hybridized carbons (Fsp3) is 1.00. The number of aliphatic hydroxyl groups is 1. The third kappa shape index (κ3) is 4.04. The summed E-state index contributed by atoms with van der Waals surface area (Å²) in [6.45, 7) is 3.52. The van der Waals surface area contributed by atoms with E-state index in [1.807, 2.05) is 0 Å². The molecule has 2 atom stereocenters. The second-order valence-electron chi connectivity index (χ2n) is 3.96. The lowest BCUT2D eigenvalue weighted by Gasteiger charge is -2.22. The first-order valence-electron chi connectivity index (χ1n) is 4.73. The normalized spacial score (nSPS) is 27.5. The predicted octanol–water partition coefficient (Wildman–Crippen LogP) is -0.108. The van der Waals surface area contributed by atoms with Crippen molar-refractivity contribution in [2.45, 2.75) is 31.4 Å². The molecule has 0 aliphatic carbocycles. The summed E-state index contributed by atoms with van der Waals surface area (Å²) in [5.41, 5.74) is 5.06. The maximum Gasteiger partial charge on any atom is 0.0809 e. The van der Waals surface area contributed by atoms with Crippen molar-refractivity contribution in [3.8, 4) is 0 Å². The molecule has 1 aliphatic rings. The molecule has 1 heterocycles. The molecule has 0 amide bonds. The van der Waals surface area contributed by atoms with Crippen LogP contribution in [-0.4, -0.2) is 43.2 Å². The minimum atomic E-state index is -0.626. The first-order valence-corrected chi connectivity index (χ1v) is 4.73. The van der Waals surface area contributed by atoms with E-state index in [2.05, 4.69) is 0 Å². The van der Waals surface area contributed by atoms with Crippen LogP contribution in [0.2, 0.25) is 0 Å². The van der Waals surface area contributed by atoms with Crippen LogP contribution in [0.1, 0.15) is 19.8 Å². The highest BCUT2D eigenvalue weighted by molar-refractivity contribution is 4.76. The van der Waals surface area contributed by atoms with Gasteiger partial charge in [-0.15, -0.1) is 0 Å². The van der Waals surface area contributed by atoms with Gasteiger partial charge in [0, 0.05) is 6.61 Å². The summed E-state index contributed by atoms with van der Waals surface area (Å²) in [5.74, 6) is 0. The molecule has 0 aromatic heterocycles. The van der Waals surface area contributed by atoms with Gasteiger partial charge in [-0.2, -0.15) is 0 Å². The van der Waals surface area contributed by atoms with E-state index in [9.17, 15) is 0 Å². The number of nitrogens with two attached hydrogens (primary N) is 1. The fourth-order valence-corrected chi connectivity index (χ4v) is 1.24. The van der Waals surface area contributed by atoms with E-state index in [0.29, 0.717) is 13.2 Å². The van der Waals surface area contributed by atoms with Crippen molar-refractivity contribution in [3.63, 3.8) is 0 Å². The van der Waals surface area contributed by atoms with Gasteiger partial charge in [-0.1, -0.05) is 0 Å². The van der Waals surface area contributed by atoms with Gasteiger partial charge in [-0.3, -0.25) is 0 Å². The maximum atomic E-state index is 8.85. The van der Waals surface area contributed by atoms with Crippen LogP contribution in [0.4, 0.5) is 0 Å². The Morgan fingerprint density at radius 3 is 3.00 bits per heavy atom. The topological polar surface area (TPSA) is 64.7 Å². The van der Waals surface area contributed by atoms with E-state index in [0.717, 1.165) is 19.4 Å². The van der Waals surface area contributed by atoms with Crippen LogP contribution in [0.15, 0.2) is 0 Å². The summed E-state index contributed by atoms with van der Waals surface area (Å²) in [5, 5.41) is 8.85. The van der Waals surface area contributed by atoms with E-state index < -0.39 is 5.54 Å². The van der Waals surface area contributed by atoms with E-state index in [1.165, 1.54) is 0 Å². The number of hydrogen-bond donors (Lipinski definition) is 2. The average Bonchev–Trinajstić information content (AvgIpc) is 2.57. The smallest absolute Gasteiger partial charge is 0.0809 e. The molecule has 1 saturated heterocycles. The summed E-state index contributed by atoms with van der Waals surface area (Å²) in [4.78, 5) is 0. The highest BCUT2D eigenvalue weighted by Crippen LogP contribution is 2.12. The molecule has 0 aromatic rings. The van der Waals surface area contributed by atoms with E-state index in [-0.39, 0.29) is 12.7 Å². The molecule has 0 aromatic carbocycles. The van der Waals surface area contributed by atoms with Crippen molar-refractivity contribution in [1.29, 1.82) is 0 Å². The molecule has 1 aliphatic heterocycles. The quantitative estimate of drug-likeness (QED) is 0.633. The van der Waals surface area contributed by atoms with Gasteiger partial charge in [0.05, 0.1) is 31.5 Å². The first-order chi connectivity index (χ1) is 6.14. The summed E-state index contributed by atoms with van der Waals surface area (Å²) >= 11 is 0. The van der Waals surface area contributed by atoms with Gasteiger partial charge < -0.3 is 20.3 Å². The van der Waals surface area contributed by atoms with Gasteiger partial charge in [0.15, 0.2) is 0 Å². The molecule has 13 heavy (non-hydrogen) atoms. The Morgan fingerprint density at radius 1 is 1.69 bits per heavy atom. The van der Waals surface area contributed by atoms with Crippen LogP contribution in [-0.2, 0) is 9.47 Å². The molecule has 0 spiro atoms. The lowest BCUT2D eigenvalue weighted by Crippen LogP contribution is -2.45. The van der Waals surface area contributed by atoms with Crippen LogP contribution in [0.5, 0.6) is 0 Å². The molecule has 0 bridgehead atoms. The number of hydrogen-bond acceptors (Lipinski definition) is 4. The molecule has 1 rings (SSSR count). The number of rotatable bonds is 5. The summed E-state index contributed by atoms with van der Waals surface area (Å²) in [6, 6.07) is 0. The Hall–Kier alpha value is -0.160. The third-order valence-electron chi connectivity index (χ3n) is 2.12. The summed E-state index contributed by atoms with van der Waals surface area (Å²) in [7, 11) is 0. The zero-order valence-electron chi connectivity index (χ0n) is 8.16. The molecule has 0 saturated carbocycles. The molecule has 4 heteroatoms. The standard InChI is InChI=1S/C9H19NO3/c1-9(10,6-11)7-12-5-8-3-2-4-13-8/h8,11H,2-7,10H2,1H3. The second kappa shape index (κ2) is 4.91. The molecule has 78 valence electrons. The Kier molecular flexibility index (Phi) is 4.12. The SMILES string of the molecule is CC(N)(CO)COCC1CCCO1. The largest absolute Gasteiger partial charge is 0.394 e. The molecule has 4 nitrogen and oxygen atoms in total.